The SMILES string of the molecule is CC(C)Cc1cc2c(=O)c3c4ccc(C#N)cc4[nH]c3n(C(C)C)c2cc1-c1cncc(S(=O)(=O)F)c1. The van der Waals surface area contributed by atoms with Gasteiger partial charge in [-0.25, -0.2) is 0 Å². The van der Waals surface area contributed by atoms with Crippen molar-refractivity contribution in [3.8, 4) is 17.2 Å². The van der Waals surface area contributed by atoms with E-state index in [4.69, 9.17) is 0 Å². The van der Waals surface area contributed by atoms with Crippen LogP contribution in [0, 0.1) is 17.2 Å². The highest BCUT2D eigenvalue weighted by molar-refractivity contribution is 7.86. The number of rotatable bonds is 5. The maximum Gasteiger partial charge on any atom is 0.333 e. The molecule has 0 aliphatic rings. The van der Waals surface area contributed by atoms with Crippen LogP contribution >= 0.6 is 0 Å². The van der Waals surface area contributed by atoms with Gasteiger partial charge in [-0.1, -0.05) is 19.9 Å². The second-order valence-corrected chi connectivity index (χ2v) is 11.3. The van der Waals surface area contributed by atoms with Gasteiger partial charge in [-0.05, 0) is 67.6 Å². The molecule has 37 heavy (non-hydrogen) atoms. The van der Waals surface area contributed by atoms with Crippen molar-refractivity contribution in [3.63, 3.8) is 0 Å². The van der Waals surface area contributed by atoms with Crippen molar-refractivity contribution in [3.05, 3.63) is 70.1 Å². The molecule has 0 unspecified atom stereocenters. The molecule has 3 aromatic heterocycles. The highest BCUT2D eigenvalue weighted by Gasteiger charge is 2.21. The van der Waals surface area contributed by atoms with E-state index >= 15 is 0 Å². The predicted octanol–water partition coefficient (Wildman–Crippen LogP) is 6.01. The van der Waals surface area contributed by atoms with Crippen LogP contribution in [0.2, 0.25) is 0 Å². The number of hydrogen-bond donors (Lipinski definition) is 1. The molecule has 5 aromatic rings. The lowest BCUT2D eigenvalue weighted by atomic mass is 9.92. The van der Waals surface area contributed by atoms with Crippen molar-refractivity contribution in [2.75, 3.05) is 0 Å². The van der Waals surface area contributed by atoms with E-state index in [1.165, 1.54) is 12.3 Å². The quantitative estimate of drug-likeness (QED) is 0.288. The standard InChI is InChI=1S/C28H25FN4O3S/c1-15(2)7-18-10-23-25(11-22(18)19-9-20(14-31-13-19)37(29,35)36)33(16(3)4)28-26(27(23)34)21-6-5-17(12-30)8-24(21)32-28/h5-6,8-11,13-16,32H,7H2,1-4H3. The van der Waals surface area contributed by atoms with Crippen molar-refractivity contribution in [2.45, 2.75) is 45.1 Å². The topological polar surface area (TPSA) is 109 Å². The van der Waals surface area contributed by atoms with Gasteiger partial charge < -0.3 is 9.55 Å². The molecule has 0 aliphatic heterocycles. The van der Waals surface area contributed by atoms with E-state index in [1.54, 1.807) is 18.2 Å². The molecule has 188 valence electrons. The van der Waals surface area contributed by atoms with Crippen molar-refractivity contribution < 1.29 is 12.3 Å². The van der Waals surface area contributed by atoms with Crippen LogP contribution in [0.4, 0.5) is 3.89 Å². The average molecular weight is 517 g/mol. The minimum atomic E-state index is -4.94. The second-order valence-electron chi connectivity index (χ2n) is 9.99. The fraction of sp³-hybridized carbons (Fsp3) is 0.250. The molecule has 0 radical (unpaired) electrons. The molecule has 0 amide bonds. The maximum absolute atomic E-state index is 13.9. The van der Waals surface area contributed by atoms with Crippen molar-refractivity contribution in [2.24, 2.45) is 5.92 Å². The predicted molar refractivity (Wildman–Crippen MR) is 143 cm³/mol. The number of benzene rings is 2. The van der Waals surface area contributed by atoms with E-state index in [0.29, 0.717) is 50.6 Å². The number of aromatic nitrogens is 3. The second kappa shape index (κ2) is 8.82. The largest absolute Gasteiger partial charge is 0.340 e. The van der Waals surface area contributed by atoms with Crippen LogP contribution < -0.4 is 5.43 Å². The molecule has 0 fully saturated rings. The smallest absolute Gasteiger partial charge is 0.333 e. The maximum atomic E-state index is 13.9. The number of H-pyrrole nitrogens is 1. The monoisotopic (exact) mass is 516 g/mol. The van der Waals surface area contributed by atoms with Gasteiger partial charge in [-0.15, -0.1) is 3.89 Å². The van der Waals surface area contributed by atoms with Gasteiger partial charge >= 0.3 is 10.2 Å². The molecule has 9 heteroatoms. The number of aromatic amines is 1. The summed E-state index contributed by atoms with van der Waals surface area (Å²) in [5.41, 5.74) is 4.34. The molecule has 0 aliphatic carbocycles. The summed E-state index contributed by atoms with van der Waals surface area (Å²) in [5.74, 6) is 0.241. The Morgan fingerprint density at radius 3 is 2.49 bits per heavy atom. The Kier molecular flexibility index (Phi) is 5.88. The normalized spacial score (nSPS) is 12.3. The first-order valence-corrected chi connectivity index (χ1v) is 13.3. The fourth-order valence-electron chi connectivity index (χ4n) is 5.05. The molecule has 0 saturated heterocycles. The summed E-state index contributed by atoms with van der Waals surface area (Å²) in [5, 5.41) is 11.2. The Morgan fingerprint density at radius 1 is 1.08 bits per heavy atom. The zero-order chi connectivity index (χ0) is 26.6. The Morgan fingerprint density at radius 2 is 1.84 bits per heavy atom. The molecule has 2 aromatic carbocycles. The van der Waals surface area contributed by atoms with Crippen molar-refractivity contribution >= 4 is 43.1 Å². The van der Waals surface area contributed by atoms with Crippen LogP contribution in [0.15, 0.2) is 58.5 Å². The molecule has 5 rings (SSSR count). The first-order valence-electron chi connectivity index (χ1n) is 12.0. The van der Waals surface area contributed by atoms with E-state index in [1.807, 2.05) is 30.5 Å². The lowest BCUT2D eigenvalue weighted by molar-refractivity contribution is 0.551. The van der Waals surface area contributed by atoms with Gasteiger partial charge in [0.15, 0.2) is 5.43 Å². The molecule has 3 heterocycles. The highest BCUT2D eigenvalue weighted by atomic mass is 32.3. The van der Waals surface area contributed by atoms with Gasteiger partial charge in [0.1, 0.15) is 10.5 Å². The summed E-state index contributed by atoms with van der Waals surface area (Å²) in [7, 11) is -4.94. The third-order valence-corrected chi connectivity index (χ3v) is 7.34. The minimum Gasteiger partial charge on any atom is -0.340 e. The zero-order valence-corrected chi connectivity index (χ0v) is 21.6. The van der Waals surface area contributed by atoms with E-state index in [-0.39, 0.29) is 17.4 Å². The molecule has 0 spiro atoms. The number of nitrogens with one attached hydrogen (secondary N) is 1. The van der Waals surface area contributed by atoms with Crippen LogP contribution in [0.5, 0.6) is 0 Å². The van der Waals surface area contributed by atoms with E-state index < -0.39 is 15.1 Å². The van der Waals surface area contributed by atoms with Gasteiger partial charge in [-0.3, -0.25) is 9.78 Å². The van der Waals surface area contributed by atoms with Gasteiger partial charge in [0.05, 0.1) is 22.5 Å². The first-order chi connectivity index (χ1) is 17.5. The Bertz CT molecular complexity index is 1930. The van der Waals surface area contributed by atoms with Gasteiger partial charge in [-0.2, -0.15) is 13.7 Å². The van der Waals surface area contributed by atoms with Gasteiger partial charge in [0.2, 0.25) is 0 Å². The van der Waals surface area contributed by atoms with Crippen LogP contribution in [0.25, 0.3) is 44.0 Å². The summed E-state index contributed by atoms with van der Waals surface area (Å²) in [6, 6.07) is 12.3. The summed E-state index contributed by atoms with van der Waals surface area (Å²) >= 11 is 0. The van der Waals surface area contributed by atoms with E-state index in [2.05, 4.69) is 29.9 Å². The molecule has 7 nitrogen and oxygen atoms in total. The van der Waals surface area contributed by atoms with Crippen molar-refractivity contribution in [1.82, 2.24) is 14.5 Å². The van der Waals surface area contributed by atoms with E-state index in [9.17, 15) is 22.4 Å². The minimum absolute atomic E-state index is 0.0476. The summed E-state index contributed by atoms with van der Waals surface area (Å²) in [4.78, 5) is 20.7. The summed E-state index contributed by atoms with van der Waals surface area (Å²) in [6.45, 7) is 8.12. The zero-order valence-electron chi connectivity index (χ0n) is 20.8. The third-order valence-electron chi connectivity index (χ3n) is 6.55. The Labute approximate surface area is 213 Å². The van der Waals surface area contributed by atoms with Crippen LogP contribution in [-0.4, -0.2) is 23.0 Å². The summed E-state index contributed by atoms with van der Waals surface area (Å²) in [6.07, 6.45) is 3.11. The highest BCUT2D eigenvalue weighted by Crippen LogP contribution is 2.35. The number of nitrogens with zero attached hydrogens (tertiary/aromatic N) is 3. The fourth-order valence-corrected chi connectivity index (χ4v) is 5.50. The lowest BCUT2D eigenvalue weighted by Gasteiger charge is -2.20. The Balaban J connectivity index is 1.94. The summed E-state index contributed by atoms with van der Waals surface area (Å²) < 4.78 is 39.0. The number of nitriles is 1. The van der Waals surface area contributed by atoms with E-state index in [0.717, 1.165) is 17.1 Å². The Hall–Kier alpha value is -4.03. The molecular formula is C28H25FN4O3S. The first kappa shape index (κ1) is 24.7. The molecular weight excluding hydrogens is 491 g/mol. The number of halogens is 1. The molecule has 0 bridgehead atoms. The van der Waals surface area contributed by atoms with Crippen molar-refractivity contribution in [1.29, 1.82) is 5.26 Å². The van der Waals surface area contributed by atoms with Crippen LogP contribution in [-0.2, 0) is 16.6 Å². The number of fused-ring (bicyclic) bond motifs is 4. The van der Waals surface area contributed by atoms with Gasteiger partial charge in [0, 0.05) is 40.3 Å². The van der Waals surface area contributed by atoms with Crippen LogP contribution in [0.3, 0.4) is 0 Å². The molecule has 0 saturated carbocycles. The van der Waals surface area contributed by atoms with Gasteiger partial charge in [0.25, 0.3) is 0 Å². The lowest BCUT2D eigenvalue weighted by Crippen LogP contribution is -2.14. The number of hydrogen-bond acceptors (Lipinski definition) is 5. The molecule has 0 atom stereocenters. The average Bonchev–Trinajstić information content (AvgIpc) is 3.21. The third kappa shape index (κ3) is 4.17. The molecule has 1 N–H and O–H groups in total. The number of pyridine rings is 2. The van der Waals surface area contributed by atoms with Crippen LogP contribution in [0.1, 0.15) is 44.9 Å².